The number of nitrogens with one attached hydrogen (secondary N) is 1. The van der Waals surface area contributed by atoms with Crippen LogP contribution in [-0.4, -0.2) is 46.5 Å². The summed E-state index contributed by atoms with van der Waals surface area (Å²) in [4.78, 5) is 0.259. The Bertz CT molecular complexity index is 537. The topological polar surface area (TPSA) is 58.6 Å². The van der Waals surface area contributed by atoms with Gasteiger partial charge in [-0.1, -0.05) is 12.1 Å². The van der Waals surface area contributed by atoms with Gasteiger partial charge in [0.2, 0.25) is 10.0 Å². The summed E-state index contributed by atoms with van der Waals surface area (Å²) in [5, 5.41) is 3.15. The summed E-state index contributed by atoms with van der Waals surface area (Å²) < 4.78 is 32.1. The van der Waals surface area contributed by atoms with Crippen LogP contribution in [0.15, 0.2) is 29.2 Å². The number of para-hydroxylation sites is 1. The van der Waals surface area contributed by atoms with Crippen molar-refractivity contribution in [3.63, 3.8) is 0 Å². The van der Waals surface area contributed by atoms with Crippen LogP contribution in [0.2, 0.25) is 0 Å². The molecule has 5 nitrogen and oxygen atoms in total. The third-order valence-corrected chi connectivity index (χ3v) is 5.69. The first-order chi connectivity index (χ1) is 9.59. The number of nitrogens with zero attached hydrogens (tertiary/aromatic N) is 1. The molecule has 0 amide bonds. The van der Waals surface area contributed by atoms with Crippen molar-refractivity contribution < 1.29 is 13.2 Å². The number of hydrogen-bond donors (Lipinski definition) is 1. The van der Waals surface area contributed by atoms with E-state index in [2.05, 4.69) is 5.32 Å². The van der Waals surface area contributed by atoms with E-state index in [1.807, 2.05) is 7.05 Å². The molecule has 20 heavy (non-hydrogen) atoms. The molecular weight excluding hydrogens is 276 g/mol. The molecule has 1 N–H and O–H groups in total. The van der Waals surface area contributed by atoms with E-state index in [0.29, 0.717) is 24.8 Å². The summed E-state index contributed by atoms with van der Waals surface area (Å²) in [6.07, 6.45) is 1.80. The molecule has 112 valence electrons. The molecule has 0 radical (unpaired) electrons. The normalized spacial score (nSPS) is 18.1. The molecule has 1 heterocycles. The standard InChI is InChI=1S/C14H22N2O3S/c1-15-11-12-7-9-16(10-8-12)20(17,18)14-6-4-3-5-13(14)19-2/h3-6,12,15H,7-11H2,1-2H3. The molecule has 1 aromatic carbocycles. The smallest absolute Gasteiger partial charge is 0.246 e. The minimum absolute atomic E-state index is 0.259. The van der Waals surface area contributed by atoms with E-state index in [4.69, 9.17) is 4.74 Å². The van der Waals surface area contributed by atoms with Crippen LogP contribution < -0.4 is 10.1 Å². The highest BCUT2D eigenvalue weighted by Gasteiger charge is 2.30. The lowest BCUT2D eigenvalue weighted by Crippen LogP contribution is -2.40. The van der Waals surface area contributed by atoms with Crippen LogP contribution in [0.5, 0.6) is 5.75 Å². The number of rotatable bonds is 5. The molecule has 0 saturated carbocycles. The summed E-state index contributed by atoms with van der Waals surface area (Å²) in [6.45, 7) is 2.10. The molecule has 0 aliphatic carbocycles. The fraction of sp³-hybridized carbons (Fsp3) is 0.571. The average Bonchev–Trinajstić information content (AvgIpc) is 2.48. The molecule has 0 bridgehead atoms. The summed E-state index contributed by atoms with van der Waals surface area (Å²) in [6, 6.07) is 6.79. The van der Waals surface area contributed by atoms with Gasteiger partial charge in [-0.3, -0.25) is 0 Å². The highest BCUT2D eigenvalue weighted by atomic mass is 32.2. The van der Waals surface area contributed by atoms with Crippen molar-refractivity contribution in [3.05, 3.63) is 24.3 Å². The SMILES string of the molecule is CNCC1CCN(S(=O)(=O)c2ccccc2OC)CC1. The van der Waals surface area contributed by atoms with E-state index < -0.39 is 10.0 Å². The Balaban J connectivity index is 2.16. The molecular formula is C14H22N2O3S. The lowest BCUT2D eigenvalue weighted by Gasteiger charge is -2.31. The molecule has 1 saturated heterocycles. The van der Waals surface area contributed by atoms with Crippen LogP contribution in [0, 0.1) is 5.92 Å². The largest absolute Gasteiger partial charge is 0.495 e. The highest BCUT2D eigenvalue weighted by molar-refractivity contribution is 7.89. The molecule has 6 heteroatoms. The van der Waals surface area contributed by atoms with Gasteiger partial charge < -0.3 is 10.1 Å². The van der Waals surface area contributed by atoms with Gasteiger partial charge in [0.25, 0.3) is 0 Å². The minimum Gasteiger partial charge on any atom is -0.495 e. The maximum Gasteiger partial charge on any atom is 0.246 e. The minimum atomic E-state index is -3.46. The fourth-order valence-electron chi connectivity index (χ4n) is 2.61. The third kappa shape index (κ3) is 3.13. The number of methoxy groups -OCH3 is 1. The van der Waals surface area contributed by atoms with Crippen LogP contribution in [0.25, 0.3) is 0 Å². The number of hydrogen-bond acceptors (Lipinski definition) is 4. The quantitative estimate of drug-likeness (QED) is 0.890. The van der Waals surface area contributed by atoms with Crippen molar-refractivity contribution in [1.82, 2.24) is 9.62 Å². The molecule has 1 aliphatic heterocycles. The van der Waals surface area contributed by atoms with Crippen molar-refractivity contribution in [2.75, 3.05) is 33.8 Å². The number of benzene rings is 1. The second-order valence-electron chi connectivity index (χ2n) is 5.06. The summed E-state index contributed by atoms with van der Waals surface area (Å²) in [5.74, 6) is 0.967. The Morgan fingerprint density at radius 2 is 1.95 bits per heavy atom. The van der Waals surface area contributed by atoms with Gasteiger partial charge in [-0.25, -0.2) is 8.42 Å². The maximum absolute atomic E-state index is 12.7. The van der Waals surface area contributed by atoms with Crippen molar-refractivity contribution in [2.24, 2.45) is 5.92 Å². The Hall–Kier alpha value is -1.11. The zero-order valence-electron chi connectivity index (χ0n) is 12.0. The van der Waals surface area contributed by atoms with Gasteiger partial charge in [0.05, 0.1) is 7.11 Å². The first kappa shape index (κ1) is 15.3. The molecule has 1 fully saturated rings. The average molecular weight is 298 g/mol. The lowest BCUT2D eigenvalue weighted by molar-refractivity contribution is 0.270. The maximum atomic E-state index is 12.7. The summed E-state index contributed by atoms with van der Waals surface area (Å²) in [5.41, 5.74) is 0. The van der Waals surface area contributed by atoms with Gasteiger partial charge in [0.15, 0.2) is 0 Å². The predicted octanol–water partition coefficient (Wildman–Crippen LogP) is 1.32. The van der Waals surface area contributed by atoms with Crippen molar-refractivity contribution in [3.8, 4) is 5.75 Å². The second-order valence-corrected chi connectivity index (χ2v) is 6.96. The van der Waals surface area contributed by atoms with E-state index >= 15 is 0 Å². The van der Waals surface area contributed by atoms with Crippen LogP contribution in [-0.2, 0) is 10.0 Å². The number of ether oxygens (including phenoxy) is 1. The highest BCUT2D eigenvalue weighted by Crippen LogP contribution is 2.29. The van der Waals surface area contributed by atoms with Gasteiger partial charge in [-0.2, -0.15) is 4.31 Å². The van der Waals surface area contributed by atoms with Gasteiger partial charge in [-0.05, 0) is 44.5 Å². The van der Waals surface area contributed by atoms with E-state index in [-0.39, 0.29) is 4.90 Å². The van der Waals surface area contributed by atoms with Gasteiger partial charge in [0, 0.05) is 13.1 Å². The second kappa shape index (κ2) is 6.56. The lowest BCUT2D eigenvalue weighted by atomic mass is 9.98. The van der Waals surface area contributed by atoms with Crippen molar-refractivity contribution in [1.29, 1.82) is 0 Å². The predicted molar refractivity (Wildman–Crippen MR) is 78.4 cm³/mol. The zero-order valence-corrected chi connectivity index (χ0v) is 12.8. The molecule has 1 aliphatic rings. The van der Waals surface area contributed by atoms with E-state index in [9.17, 15) is 8.42 Å². The molecule has 0 aromatic heterocycles. The third-order valence-electron chi connectivity index (χ3n) is 3.75. The Morgan fingerprint density at radius 3 is 2.55 bits per heavy atom. The van der Waals surface area contributed by atoms with Crippen LogP contribution >= 0.6 is 0 Å². The Labute approximate surface area is 121 Å². The molecule has 1 aromatic rings. The number of sulfonamides is 1. The van der Waals surface area contributed by atoms with Crippen LogP contribution in [0.1, 0.15) is 12.8 Å². The Morgan fingerprint density at radius 1 is 1.30 bits per heavy atom. The van der Waals surface area contributed by atoms with Gasteiger partial charge in [-0.15, -0.1) is 0 Å². The van der Waals surface area contributed by atoms with E-state index in [0.717, 1.165) is 19.4 Å². The van der Waals surface area contributed by atoms with Crippen molar-refractivity contribution in [2.45, 2.75) is 17.7 Å². The van der Waals surface area contributed by atoms with Crippen molar-refractivity contribution >= 4 is 10.0 Å². The first-order valence-electron chi connectivity index (χ1n) is 6.87. The molecule has 0 unspecified atom stereocenters. The number of piperidine rings is 1. The zero-order chi connectivity index (χ0) is 14.6. The Kier molecular flexibility index (Phi) is 5.01. The van der Waals surface area contributed by atoms with E-state index in [1.165, 1.54) is 7.11 Å². The molecule has 0 spiro atoms. The summed E-state index contributed by atoms with van der Waals surface area (Å²) >= 11 is 0. The van der Waals surface area contributed by atoms with Gasteiger partial charge >= 0.3 is 0 Å². The van der Waals surface area contributed by atoms with Crippen LogP contribution in [0.4, 0.5) is 0 Å². The first-order valence-corrected chi connectivity index (χ1v) is 8.31. The van der Waals surface area contributed by atoms with Crippen LogP contribution in [0.3, 0.4) is 0 Å². The fourth-order valence-corrected chi connectivity index (χ4v) is 4.24. The molecule has 2 rings (SSSR count). The monoisotopic (exact) mass is 298 g/mol. The molecule has 0 atom stereocenters. The van der Waals surface area contributed by atoms with Gasteiger partial charge in [0.1, 0.15) is 10.6 Å². The summed E-state index contributed by atoms with van der Waals surface area (Å²) in [7, 11) is -0.0332. The van der Waals surface area contributed by atoms with E-state index in [1.54, 1.807) is 28.6 Å².